The SMILES string of the molecule is CCCCN(C1CC1)C1CS(=O)(=O)CC1O. The van der Waals surface area contributed by atoms with Crippen LogP contribution in [-0.4, -0.2) is 54.7 Å². The molecule has 1 aliphatic heterocycles. The van der Waals surface area contributed by atoms with Gasteiger partial charge in [-0.05, 0) is 25.8 Å². The van der Waals surface area contributed by atoms with Gasteiger partial charge in [-0.1, -0.05) is 13.3 Å². The summed E-state index contributed by atoms with van der Waals surface area (Å²) in [4.78, 5) is 2.23. The molecule has 1 heterocycles. The summed E-state index contributed by atoms with van der Waals surface area (Å²) in [6, 6.07) is 0.378. The summed E-state index contributed by atoms with van der Waals surface area (Å²) in [5.41, 5.74) is 0. The number of rotatable bonds is 5. The molecule has 2 atom stereocenters. The molecule has 16 heavy (non-hydrogen) atoms. The largest absolute Gasteiger partial charge is 0.390 e. The smallest absolute Gasteiger partial charge is 0.154 e. The predicted octanol–water partition coefficient (Wildman–Crippen LogP) is 0.409. The molecule has 1 saturated heterocycles. The highest BCUT2D eigenvalue weighted by atomic mass is 32.2. The third-order valence-corrected chi connectivity index (χ3v) is 5.20. The quantitative estimate of drug-likeness (QED) is 0.764. The van der Waals surface area contributed by atoms with E-state index >= 15 is 0 Å². The molecule has 0 aromatic heterocycles. The number of aliphatic hydroxyl groups excluding tert-OH is 1. The van der Waals surface area contributed by atoms with Crippen LogP contribution in [0.4, 0.5) is 0 Å². The van der Waals surface area contributed by atoms with Gasteiger partial charge >= 0.3 is 0 Å². The topological polar surface area (TPSA) is 57.6 Å². The molecule has 5 heteroatoms. The van der Waals surface area contributed by atoms with E-state index in [1.165, 1.54) is 0 Å². The van der Waals surface area contributed by atoms with Crippen molar-refractivity contribution in [1.29, 1.82) is 0 Å². The van der Waals surface area contributed by atoms with E-state index in [2.05, 4.69) is 11.8 Å². The molecule has 0 amide bonds. The van der Waals surface area contributed by atoms with Crippen LogP contribution in [0.5, 0.6) is 0 Å². The third kappa shape index (κ3) is 2.76. The molecular formula is C11H21NO3S. The van der Waals surface area contributed by atoms with Gasteiger partial charge in [0.25, 0.3) is 0 Å². The zero-order chi connectivity index (χ0) is 11.8. The Labute approximate surface area is 97.6 Å². The lowest BCUT2D eigenvalue weighted by molar-refractivity contribution is 0.0767. The van der Waals surface area contributed by atoms with Crippen molar-refractivity contribution in [2.24, 2.45) is 0 Å². The van der Waals surface area contributed by atoms with E-state index in [1.54, 1.807) is 0 Å². The molecule has 4 nitrogen and oxygen atoms in total. The first kappa shape index (κ1) is 12.3. The van der Waals surface area contributed by atoms with E-state index in [-0.39, 0.29) is 17.5 Å². The highest BCUT2D eigenvalue weighted by molar-refractivity contribution is 7.91. The Morgan fingerprint density at radius 1 is 1.31 bits per heavy atom. The van der Waals surface area contributed by atoms with Gasteiger partial charge in [-0.25, -0.2) is 8.42 Å². The first-order valence-corrected chi connectivity index (χ1v) is 8.00. The van der Waals surface area contributed by atoms with Crippen LogP contribution >= 0.6 is 0 Å². The second kappa shape index (κ2) is 4.63. The normalized spacial score (nSPS) is 33.4. The van der Waals surface area contributed by atoms with E-state index in [1.807, 2.05) is 0 Å². The van der Waals surface area contributed by atoms with Gasteiger partial charge in [-0.15, -0.1) is 0 Å². The molecule has 0 bridgehead atoms. The molecule has 0 aromatic carbocycles. The highest BCUT2D eigenvalue weighted by Gasteiger charge is 2.44. The molecule has 0 aromatic rings. The maximum atomic E-state index is 11.5. The maximum Gasteiger partial charge on any atom is 0.154 e. The Bertz CT molecular complexity index is 337. The number of sulfone groups is 1. The molecule has 2 unspecified atom stereocenters. The van der Waals surface area contributed by atoms with Crippen molar-refractivity contribution in [1.82, 2.24) is 4.90 Å². The first-order chi connectivity index (χ1) is 7.53. The van der Waals surface area contributed by atoms with Crippen LogP contribution in [0.3, 0.4) is 0 Å². The lowest BCUT2D eigenvalue weighted by Gasteiger charge is -2.30. The summed E-state index contributed by atoms with van der Waals surface area (Å²) < 4.78 is 23.0. The van der Waals surface area contributed by atoms with Gasteiger partial charge in [0.15, 0.2) is 9.84 Å². The van der Waals surface area contributed by atoms with Gasteiger partial charge in [-0.2, -0.15) is 0 Å². The van der Waals surface area contributed by atoms with E-state index in [0.717, 1.165) is 32.2 Å². The lowest BCUT2D eigenvalue weighted by Crippen LogP contribution is -2.44. The third-order valence-electron chi connectivity index (χ3n) is 3.51. The summed E-state index contributed by atoms with van der Waals surface area (Å²) in [5.74, 6) is 0.0986. The molecular weight excluding hydrogens is 226 g/mol. The van der Waals surface area contributed by atoms with Crippen LogP contribution in [0, 0.1) is 0 Å². The minimum atomic E-state index is -3.01. The Kier molecular flexibility index (Phi) is 3.56. The molecule has 0 spiro atoms. The molecule has 2 fully saturated rings. The van der Waals surface area contributed by atoms with Crippen molar-refractivity contribution < 1.29 is 13.5 Å². The number of nitrogens with zero attached hydrogens (tertiary/aromatic N) is 1. The highest BCUT2D eigenvalue weighted by Crippen LogP contribution is 2.32. The fourth-order valence-electron chi connectivity index (χ4n) is 2.49. The van der Waals surface area contributed by atoms with Crippen molar-refractivity contribution in [3.05, 3.63) is 0 Å². The number of unbranched alkanes of at least 4 members (excludes halogenated alkanes) is 1. The summed E-state index contributed by atoms with van der Waals surface area (Å²) in [6.07, 6.45) is 3.83. The van der Waals surface area contributed by atoms with Crippen LogP contribution in [0.2, 0.25) is 0 Å². The summed E-state index contributed by atoms with van der Waals surface area (Å²) in [6.45, 7) is 3.06. The molecule has 2 aliphatic rings. The van der Waals surface area contributed by atoms with Crippen molar-refractivity contribution in [3.63, 3.8) is 0 Å². The van der Waals surface area contributed by atoms with Crippen LogP contribution in [0.15, 0.2) is 0 Å². The molecule has 2 rings (SSSR count). The molecule has 1 N–H and O–H groups in total. The fraction of sp³-hybridized carbons (Fsp3) is 1.00. The van der Waals surface area contributed by atoms with Gasteiger partial charge in [0.1, 0.15) is 0 Å². The second-order valence-electron chi connectivity index (χ2n) is 5.03. The first-order valence-electron chi connectivity index (χ1n) is 6.17. The van der Waals surface area contributed by atoms with E-state index in [0.29, 0.717) is 6.04 Å². The van der Waals surface area contributed by atoms with Gasteiger partial charge < -0.3 is 5.11 Å². The minimum Gasteiger partial charge on any atom is -0.390 e. The minimum absolute atomic E-state index is 0.0486. The molecule has 0 radical (unpaired) electrons. The molecule has 94 valence electrons. The average molecular weight is 247 g/mol. The van der Waals surface area contributed by atoms with Crippen molar-refractivity contribution in [2.45, 2.75) is 50.8 Å². The van der Waals surface area contributed by atoms with Gasteiger partial charge in [0, 0.05) is 6.04 Å². The van der Waals surface area contributed by atoms with Crippen LogP contribution < -0.4 is 0 Å². The van der Waals surface area contributed by atoms with Crippen LogP contribution in [-0.2, 0) is 9.84 Å². The summed E-state index contributed by atoms with van der Waals surface area (Å²) in [7, 11) is -3.01. The summed E-state index contributed by atoms with van der Waals surface area (Å²) >= 11 is 0. The van der Waals surface area contributed by atoms with E-state index < -0.39 is 15.9 Å². The van der Waals surface area contributed by atoms with Crippen molar-refractivity contribution >= 4 is 9.84 Å². The zero-order valence-electron chi connectivity index (χ0n) is 9.80. The Hall–Kier alpha value is -0.130. The Balaban J connectivity index is 2.02. The number of hydrogen-bond donors (Lipinski definition) is 1. The molecule has 1 aliphatic carbocycles. The maximum absolute atomic E-state index is 11.5. The number of hydrogen-bond acceptors (Lipinski definition) is 4. The standard InChI is InChI=1S/C11H21NO3S/c1-2-3-6-12(9-4-5-9)10-7-16(14,15)8-11(10)13/h9-11,13H,2-8H2,1H3. The van der Waals surface area contributed by atoms with Gasteiger partial charge in [0.2, 0.25) is 0 Å². The zero-order valence-corrected chi connectivity index (χ0v) is 10.6. The molecule has 1 saturated carbocycles. The van der Waals surface area contributed by atoms with Crippen LogP contribution in [0.25, 0.3) is 0 Å². The van der Waals surface area contributed by atoms with Gasteiger partial charge in [-0.3, -0.25) is 4.90 Å². The number of aliphatic hydroxyl groups is 1. The Morgan fingerprint density at radius 2 is 2.00 bits per heavy atom. The van der Waals surface area contributed by atoms with E-state index in [4.69, 9.17) is 0 Å². The van der Waals surface area contributed by atoms with Gasteiger partial charge in [0.05, 0.1) is 23.7 Å². The fourth-order valence-corrected chi connectivity index (χ4v) is 4.31. The van der Waals surface area contributed by atoms with Crippen LogP contribution in [0.1, 0.15) is 32.6 Å². The second-order valence-corrected chi connectivity index (χ2v) is 7.19. The van der Waals surface area contributed by atoms with Crippen molar-refractivity contribution in [2.75, 3.05) is 18.1 Å². The van der Waals surface area contributed by atoms with Crippen molar-refractivity contribution in [3.8, 4) is 0 Å². The predicted molar refractivity (Wildman–Crippen MR) is 63.1 cm³/mol. The Morgan fingerprint density at radius 3 is 2.44 bits per heavy atom. The monoisotopic (exact) mass is 247 g/mol. The average Bonchev–Trinajstić information content (AvgIpc) is 2.95. The van der Waals surface area contributed by atoms with E-state index in [9.17, 15) is 13.5 Å². The lowest BCUT2D eigenvalue weighted by atomic mass is 10.1. The summed E-state index contributed by atoms with van der Waals surface area (Å²) in [5, 5.41) is 9.85.